The van der Waals surface area contributed by atoms with E-state index in [9.17, 15) is 0 Å². The monoisotopic (exact) mass is 330 g/mol. The van der Waals surface area contributed by atoms with Crippen LogP contribution in [0.25, 0.3) is 42.1 Å². The van der Waals surface area contributed by atoms with Gasteiger partial charge in [0.15, 0.2) is 0 Å². The van der Waals surface area contributed by atoms with E-state index < -0.39 is 0 Å². The van der Waals surface area contributed by atoms with Gasteiger partial charge in [0.25, 0.3) is 0 Å². The predicted octanol–water partition coefficient (Wildman–Crippen LogP) is 5.29. The molecule has 4 heteroatoms. The largest absolute Gasteiger partial charge is 0.456 e. The summed E-state index contributed by atoms with van der Waals surface area (Å²) in [7, 11) is 1.71. The highest BCUT2D eigenvalue weighted by Crippen LogP contribution is 2.39. The van der Waals surface area contributed by atoms with Crippen molar-refractivity contribution < 1.29 is 4.42 Å². The Morgan fingerprint density at radius 2 is 1.71 bits per heavy atom. The molecular weight excluding hydrogens is 316 g/mol. The van der Waals surface area contributed by atoms with Crippen LogP contribution in [-0.2, 0) is 0 Å². The van der Waals surface area contributed by atoms with E-state index in [1.807, 2.05) is 24.3 Å². The molecule has 0 bridgehead atoms. The van der Waals surface area contributed by atoms with Gasteiger partial charge in [0, 0.05) is 43.6 Å². The zero-order valence-corrected chi connectivity index (χ0v) is 13.9. The van der Waals surface area contributed by atoms with Crippen LogP contribution in [0.15, 0.2) is 64.0 Å². The molecule has 5 rings (SSSR count). The highest BCUT2D eigenvalue weighted by atomic mass is 32.1. The smallest absolute Gasteiger partial charge is 0.136 e. The third-order valence-corrected chi connectivity index (χ3v) is 5.64. The number of aliphatic imine (C=N–C) groups is 1. The van der Waals surface area contributed by atoms with Crippen molar-refractivity contribution in [1.82, 2.24) is 0 Å². The van der Waals surface area contributed by atoms with Gasteiger partial charge in [0.2, 0.25) is 0 Å². The Labute approximate surface area is 142 Å². The topological polar surface area (TPSA) is 51.5 Å². The number of fused-ring (bicyclic) bond motifs is 6. The van der Waals surface area contributed by atoms with Crippen LogP contribution in [0.2, 0.25) is 0 Å². The van der Waals surface area contributed by atoms with E-state index in [0.717, 1.165) is 27.5 Å². The summed E-state index contributed by atoms with van der Waals surface area (Å²) in [5.41, 5.74) is 8.81. The molecule has 24 heavy (non-hydrogen) atoms. The Hall–Kier alpha value is -2.85. The average Bonchev–Trinajstić information content (AvgIpc) is 3.15. The van der Waals surface area contributed by atoms with Gasteiger partial charge in [-0.15, -0.1) is 11.3 Å². The first-order chi connectivity index (χ1) is 11.7. The molecule has 0 saturated carbocycles. The summed E-state index contributed by atoms with van der Waals surface area (Å²) in [6.07, 6.45) is 0. The molecule has 3 nitrogen and oxygen atoms in total. The second kappa shape index (κ2) is 4.82. The van der Waals surface area contributed by atoms with Crippen molar-refractivity contribution in [2.45, 2.75) is 0 Å². The van der Waals surface area contributed by atoms with Crippen LogP contribution in [0.5, 0.6) is 0 Å². The molecule has 0 amide bonds. The van der Waals surface area contributed by atoms with Gasteiger partial charge in [-0.3, -0.25) is 4.99 Å². The number of nitrogens with zero attached hydrogens (tertiary/aromatic N) is 1. The van der Waals surface area contributed by atoms with Gasteiger partial charge in [0.1, 0.15) is 17.0 Å². The lowest BCUT2D eigenvalue weighted by Gasteiger charge is -2.00. The minimum absolute atomic E-state index is 0.561. The maximum atomic E-state index is 6.00. The SMILES string of the molecule is CN=C(N)c1ccc2sc3cc4oc5ccccc5c4cc3c2c1. The van der Waals surface area contributed by atoms with E-state index in [4.69, 9.17) is 10.2 Å². The molecule has 0 saturated heterocycles. The number of rotatable bonds is 1. The molecule has 2 aromatic heterocycles. The molecule has 2 heterocycles. The Kier molecular flexibility index (Phi) is 2.73. The summed E-state index contributed by atoms with van der Waals surface area (Å²) in [6, 6.07) is 18.8. The fraction of sp³-hybridized carbons (Fsp3) is 0.0500. The Bertz CT molecular complexity index is 1280. The Balaban J connectivity index is 1.91. The molecule has 116 valence electrons. The third-order valence-electron chi connectivity index (χ3n) is 4.51. The molecule has 0 fully saturated rings. The van der Waals surface area contributed by atoms with Crippen LogP contribution in [-0.4, -0.2) is 12.9 Å². The van der Waals surface area contributed by atoms with Crippen molar-refractivity contribution in [3.05, 3.63) is 60.2 Å². The molecule has 0 atom stereocenters. The molecule has 0 aliphatic carbocycles. The molecule has 0 aliphatic heterocycles. The van der Waals surface area contributed by atoms with Crippen molar-refractivity contribution in [3.8, 4) is 0 Å². The van der Waals surface area contributed by atoms with E-state index in [2.05, 4.69) is 35.3 Å². The van der Waals surface area contributed by atoms with E-state index >= 15 is 0 Å². The van der Waals surface area contributed by atoms with E-state index in [1.165, 1.54) is 20.2 Å². The van der Waals surface area contributed by atoms with E-state index in [1.54, 1.807) is 18.4 Å². The number of hydrogen-bond acceptors (Lipinski definition) is 3. The number of benzene rings is 3. The highest BCUT2D eigenvalue weighted by Gasteiger charge is 2.12. The lowest BCUT2D eigenvalue weighted by Crippen LogP contribution is -2.12. The highest BCUT2D eigenvalue weighted by molar-refractivity contribution is 7.25. The number of amidine groups is 1. The van der Waals surface area contributed by atoms with Crippen LogP contribution < -0.4 is 5.73 Å². The third kappa shape index (κ3) is 1.80. The van der Waals surface area contributed by atoms with Crippen molar-refractivity contribution >= 4 is 59.3 Å². The summed E-state index contributed by atoms with van der Waals surface area (Å²) in [5.74, 6) is 0.561. The first-order valence-electron chi connectivity index (χ1n) is 7.75. The van der Waals surface area contributed by atoms with Crippen LogP contribution in [0.3, 0.4) is 0 Å². The van der Waals surface area contributed by atoms with Crippen LogP contribution in [0.4, 0.5) is 0 Å². The second-order valence-electron chi connectivity index (χ2n) is 5.86. The van der Waals surface area contributed by atoms with Crippen molar-refractivity contribution in [3.63, 3.8) is 0 Å². The quantitative estimate of drug-likeness (QED) is 0.335. The van der Waals surface area contributed by atoms with Crippen molar-refractivity contribution in [1.29, 1.82) is 0 Å². The van der Waals surface area contributed by atoms with Crippen molar-refractivity contribution in [2.75, 3.05) is 7.05 Å². The maximum Gasteiger partial charge on any atom is 0.136 e. The van der Waals surface area contributed by atoms with Gasteiger partial charge < -0.3 is 10.2 Å². The van der Waals surface area contributed by atoms with Crippen LogP contribution in [0.1, 0.15) is 5.56 Å². The number of hydrogen-bond donors (Lipinski definition) is 1. The predicted molar refractivity (Wildman–Crippen MR) is 103 cm³/mol. The van der Waals surface area contributed by atoms with Gasteiger partial charge in [-0.25, -0.2) is 0 Å². The molecule has 0 radical (unpaired) electrons. The summed E-state index contributed by atoms with van der Waals surface area (Å²) in [6.45, 7) is 0. The zero-order chi connectivity index (χ0) is 16.3. The summed E-state index contributed by atoms with van der Waals surface area (Å²) < 4.78 is 8.47. The minimum Gasteiger partial charge on any atom is -0.456 e. The number of nitrogens with two attached hydrogens (primary N) is 1. The number of thiophene rings is 1. The van der Waals surface area contributed by atoms with Crippen LogP contribution in [0, 0.1) is 0 Å². The van der Waals surface area contributed by atoms with Gasteiger partial charge in [-0.1, -0.05) is 18.2 Å². The Morgan fingerprint density at radius 1 is 0.875 bits per heavy atom. The standard InChI is InChI=1S/C20H14N2OS/c1-22-20(21)11-6-7-18-14(8-11)15-9-13-12-4-2-3-5-16(12)23-17(13)10-19(15)24-18/h2-10H,1H3,(H2,21,22). The molecular formula is C20H14N2OS. The first-order valence-corrected chi connectivity index (χ1v) is 8.56. The Morgan fingerprint density at radius 3 is 2.58 bits per heavy atom. The summed E-state index contributed by atoms with van der Waals surface area (Å²) in [4.78, 5) is 4.10. The van der Waals surface area contributed by atoms with Gasteiger partial charge >= 0.3 is 0 Å². The van der Waals surface area contributed by atoms with Gasteiger partial charge in [0.05, 0.1) is 0 Å². The molecule has 2 N–H and O–H groups in total. The van der Waals surface area contributed by atoms with Crippen LogP contribution >= 0.6 is 11.3 Å². The molecule has 0 unspecified atom stereocenters. The summed E-state index contributed by atoms with van der Waals surface area (Å²) in [5, 5.41) is 4.76. The number of para-hydroxylation sites is 1. The van der Waals surface area contributed by atoms with E-state index in [-0.39, 0.29) is 0 Å². The molecule has 3 aromatic carbocycles. The fourth-order valence-corrected chi connectivity index (χ4v) is 4.38. The van der Waals surface area contributed by atoms with E-state index in [0.29, 0.717) is 5.84 Å². The average molecular weight is 330 g/mol. The fourth-order valence-electron chi connectivity index (χ4n) is 3.28. The first kappa shape index (κ1) is 13.6. The summed E-state index contributed by atoms with van der Waals surface area (Å²) >= 11 is 1.77. The zero-order valence-electron chi connectivity index (χ0n) is 13.0. The lowest BCUT2D eigenvalue weighted by molar-refractivity contribution is 0.669. The van der Waals surface area contributed by atoms with Gasteiger partial charge in [-0.05, 0) is 36.4 Å². The molecule has 0 aliphatic rings. The minimum atomic E-state index is 0.561. The normalized spacial score (nSPS) is 12.8. The van der Waals surface area contributed by atoms with Gasteiger partial charge in [-0.2, -0.15) is 0 Å². The number of furan rings is 1. The second-order valence-corrected chi connectivity index (χ2v) is 6.95. The lowest BCUT2D eigenvalue weighted by atomic mass is 10.1. The molecule has 0 spiro atoms. The molecule has 5 aromatic rings. The maximum absolute atomic E-state index is 6.00. The van der Waals surface area contributed by atoms with Crippen molar-refractivity contribution in [2.24, 2.45) is 10.7 Å².